The number of nitrogens with zero attached hydrogens (tertiary/aromatic N) is 1. The maximum Gasteiger partial charge on any atom is 0.257 e. The molecule has 0 saturated heterocycles. The minimum absolute atomic E-state index is 0.137. The monoisotopic (exact) mass is 383 g/mol. The lowest BCUT2D eigenvalue weighted by Crippen LogP contribution is -2.16. The van der Waals surface area contributed by atoms with Crippen LogP contribution in [0.4, 0.5) is 15.8 Å². The molecular weight excluding hydrogens is 369 g/mol. The van der Waals surface area contributed by atoms with E-state index in [0.29, 0.717) is 16.9 Å². The normalized spacial score (nSPS) is 10.3. The molecule has 0 fully saturated rings. The number of amides is 2. The zero-order valence-corrected chi connectivity index (χ0v) is 14.8. The van der Waals surface area contributed by atoms with E-state index in [1.165, 1.54) is 24.4 Å². The van der Waals surface area contributed by atoms with Gasteiger partial charge in [-0.25, -0.2) is 4.39 Å². The first-order valence-electron chi connectivity index (χ1n) is 8.07. The molecule has 0 spiro atoms. The second-order valence-corrected chi connectivity index (χ2v) is 6.11. The molecule has 0 saturated carbocycles. The Balaban J connectivity index is 1.67. The summed E-state index contributed by atoms with van der Waals surface area (Å²) in [7, 11) is 0. The van der Waals surface area contributed by atoms with Crippen LogP contribution < -0.4 is 10.6 Å². The van der Waals surface area contributed by atoms with Gasteiger partial charge in [-0.05, 0) is 42.5 Å². The highest BCUT2D eigenvalue weighted by atomic mass is 35.5. The molecule has 1 heterocycles. The average Bonchev–Trinajstić information content (AvgIpc) is 2.66. The zero-order chi connectivity index (χ0) is 19.2. The van der Waals surface area contributed by atoms with Gasteiger partial charge in [0.15, 0.2) is 0 Å². The van der Waals surface area contributed by atoms with Gasteiger partial charge in [-0.1, -0.05) is 23.7 Å². The van der Waals surface area contributed by atoms with Crippen LogP contribution in [0.25, 0.3) is 0 Å². The largest absolute Gasteiger partial charge is 0.326 e. The van der Waals surface area contributed by atoms with Crippen molar-refractivity contribution in [2.45, 2.75) is 6.42 Å². The van der Waals surface area contributed by atoms with Crippen LogP contribution >= 0.6 is 11.6 Å². The van der Waals surface area contributed by atoms with E-state index in [-0.39, 0.29) is 22.9 Å². The summed E-state index contributed by atoms with van der Waals surface area (Å²) in [6.45, 7) is 0. The Kier molecular flexibility index (Phi) is 5.78. The number of nitrogens with one attached hydrogen (secondary N) is 2. The maximum absolute atomic E-state index is 13.8. The molecule has 2 N–H and O–H groups in total. The molecule has 0 bridgehead atoms. The smallest absolute Gasteiger partial charge is 0.257 e. The van der Waals surface area contributed by atoms with Crippen molar-refractivity contribution < 1.29 is 14.0 Å². The molecule has 0 aliphatic heterocycles. The van der Waals surface area contributed by atoms with E-state index in [4.69, 9.17) is 11.6 Å². The first-order chi connectivity index (χ1) is 13.0. The molecule has 0 unspecified atom stereocenters. The lowest BCUT2D eigenvalue weighted by molar-refractivity contribution is -0.115. The van der Waals surface area contributed by atoms with Crippen molar-refractivity contribution in [3.63, 3.8) is 0 Å². The summed E-state index contributed by atoms with van der Waals surface area (Å²) >= 11 is 5.94. The molecule has 7 heteroatoms. The molecule has 1 aromatic heterocycles. The van der Waals surface area contributed by atoms with Crippen molar-refractivity contribution in [2.24, 2.45) is 0 Å². The highest BCUT2D eigenvalue weighted by Crippen LogP contribution is 2.21. The number of hydrogen-bond acceptors (Lipinski definition) is 3. The van der Waals surface area contributed by atoms with E-state index >= 15 is 0 Å². The Morgan fingerprint density at radius 1 is 1.00 bits per heavy atom. The van der Waals surface area contributed by atoms with Crippen LogP contribution in [-0.4, -0.2) is 16.8 Å². The first-order valence-corrected chi connectivity index (χ1v) is 8.45. The van der Waals surface area contributed by atoms with Crippen LogP contribution in [-0.2, 0) is 11.2 Å². The van der Waals surface area contributed by atoms with Crippen LogP contribution in [0.3, 0.4) is 0 Å². The van der Waals surface area contributed by atoms with E-state index in [1.807, 2.05) is 0 Å². The number of rotatable bonds is 5. The van der Waals surface area contributed by atoms with Crippen molar-refractivity contribution in [3.8, 4) is 0 Å². The van der Waals surface area contributed by atoms with Crippen LogP contribution in [0.5, 0.6) is 0 Å². The van der Waals surface area contributed by atoms with Crippen LogP contribution in [0.15, 0.2) is 67.0 Å². The molecular formula is C20H15ClFN3O2. The fourth-order valence-corrected chi connectivity index (χ4v) is 2.67. The summed E-state index contributed by atoms with van der Waals surface area (Å²) < 4.78 is 13.8. The third-order valence-corrected chi connectivity index (χ3v) is 4.08. The Bertz CT molecular complexity index is 960. The van der Waals surface area contributed by atoms with Gasteiger partial charge in [-0.15, -0.1) is 0 Å². The number of hydrogen-bond donors (Lipinski definition) is 2. The van der Waals surface area contributed by atoms with Gasteiger partial charge in [0.2, 0.25) is 5.91 Å². The number of anilines is 2. The molecule has 27 heavy (non-hydrogen) atoms. The number of benzene rings is 2. The highest BCUT2D eigenvalue weighted by molar-refractivity contribution is 6.31. The Morgan fingerprint density at radius 3 is 2.44 bits per heavy atom. The molecule has 3 rings (SSSR count). The SMILES string of the molecule is O=C(Cc1c(F)cccc1Cl)Nc1cccc(NC(=O)c2cccnc2)c1. The summed E-state index contributed by atoms with van der Waals surface area (Å²) in [5, 5.41) is 5.60. The number of carbonyl (C=O) groups is 2. The van der Waals surface area contributed by atoms with Gasteiger partial charge in [0.1, 0.15) is 5.82 Å². The first kappa shape index (κ1) is 18.5. The minimum atomic E-state index is -0.532. The summed E-state index contributed by atoms with van der Waals surface area (Å²) in [5.74, 6) is -1.27. The number of carbonyl (C=O) groups excluding carboxylic acids is 2. The molecule has 0 aliphatic rings. The van der Waals surface area contributed by atoms with Crippen molar-refractivity contribution in [1.82, 2.24) is 4.98 Å². The van der Waals surface area contributed by atoms with Crippen LogP contribution in [0.1, 0.15) is 15.9 Å². The molecule has 2 amide bonds. The topological polar surface area (TPSA) is 71.1 Å². The standard InChI is InChI=1S/C20H15ClFN3O2/c21-17-7-2-8-18(22)16(17)11-19(26)24-14-5-1-6-15(10-14)25-20(27)13-4-3-9-23-12-13/h1-10,12H,11H2,(H,24,26)(H,25,27). The average molecular weight is 384 g/mol. The van der Waals surface area contributed by atoms with Gasteiger partial charge >= 0.3 is 0 Å². The van der Waals surface area contributed by atoms with E-state index in [9.17, 15) is 14.0 Å². The summed E-state index contributed by atoms with van der Waals surface area (Å²) in [4.78, 5) is 28.3. The predicted octanol–water partition coefficient (Wildman–Crippen LogP) is 4.31. The van der Waals surface area contributed by atoms with Crippen molar-refractivity contribution in [1.29, 1.82) is 0 Å². The van der Waals surface area contributed by atoms with Gasteiger partial charge in [0.25, 0.3) is 5.91 Å². The zero-order valence-electron chi connectivity index (χ0n) is 14.1. The maximum atomic E-state index is 13.8. The van der Waals surface area contributed by atoms with E-state index in [0.717, 1.165) is 0 Å². The highest BCUT2D eigenvalue weighted by Gasteiger charge is 2.12. The van der Waals surface area contributed by atoms with E-state index < -0.39 is 11.7 Å². The van der Waals surface area contributed by atoms with E-state index in [2.05, 4.69) is 15.6 Å². The van der Waals surface area contributed by atoms with E-state index in [1.54, 1.807) is 42.6 Å². The Labute approximate surface area is 160 Å². The van der Waals surface area contributed by atoms with Gasteiger partial charge < -0.3 is 10.6 Å². The predicted molar refractivity (Wildman–Crippen MR) is 102 cm³/mol. The second-order valence-electron chi connectivity index (χ2n) is 5.70. The third-order valence-electron chi connectivity index (χ3n) is 3.73. The molecule has 3 aromatic rings. The molecule has 0 atom stereocenters. The van der Waals surface area contributed by atoms with Crippen molar-refractivity contribution >= 4 is 34.8 Å². The number of pyridine rings is 1. The fourth-order valence-electron chi connectivity index (χ4n) is 2.44. The van der Waals surface area contributed by atoms with Crippen LogP contribution in [0, 0.1) is 5.82 Å². The van der Waals surface area contributed by atoms with Crippen LogP contribution in [0.2, 0.25) is 5.02 Å². The Hall–Kier alpha value is -3.25. The lowest BCUT2D eigenvalue weighted by atomic mass is 10.1. The summed E-state index contributed by atoms with van der Waals surface area (Å²) in [6, 6.07) is 14.2. The molecule has 5 nitrogen and oxygen atoms in total. The van der Waals surface area contributed by atoms with Crippen molar-refractivity contribution in [3.05, 3.63) is 89.0 Å². The lowest BCUT2D eigenvalue weighted by Gasteiger charge is -2.10. The number of aromatic nitrogens is 1. The summed E-state index contributed by atoms with van der Waals surface area (Å²) in [5.41, 5.74) is 1.53. The number of halogens is 2. The van der Waals surface area contributed by atoms with Gasteiger partial charge in [-0.3, -0.25) is 14.6 Å². The Morgan fingerprint density at radius 2 is 1.74 bits per heavy atom. The molecule has 0 aliphatic carbocycles. The quantitative estimate of drug-likeness (QED) is 0.689. The molecule has 136 valence electrons. The fraction of sp³-hybridized carbons (Fsp3) is 0.0500. The van der Waals surface area contributed by atoms with Gasteiger partial charge in [0, 0.05) is 34.4 Å². The second kappa shape index (κ2) is 8.42. The van der Waals surface area contributed by atoms with Gasteiger partial charge in [0.05, 0.1) is 12.0 Å². The summed E-state index contributed by atoms with van der Waals surface area (Å²) in [6.07, 6.45) is 2.84. The third kappa shape index (κ3) is 4.89. The van der Waals surface area contributed by atoms with Crippen molar-refractivity contribution in [2.75, 3.05) is 10.6 Å². The molecule has 2 aromatic carbocycles. The minimum Gasteiger partial charge on any atom is -0.326 e. The van der Waals surface area contributed by atoms with Gasteiger partial charge in [-0.2, -0.15) is 0 Å². The molecule has 0 radical (unpaired) electrons.